The van der Waals surface area contributed by atoms with Gasteiger partial charge in [-0.25, -0.2) is 4.98 Å². The van der Waals surface area contributed by atoms with Crippen molar-refractivity contribution >= 4 is 11.5 Å². The van der Waals surface area contributed by atoms with Crippen molar-refractivity contribution in [3.8, 4) is 22.8 Å². The third-order valence-electron chi connectivity index (χ3n) is 5.01. The highest BCUT2D eigenvalue weighted by atomic mass is 16.5. The Labute approximate surface area is 154 Å². The zero-order chi connectivity index (χ0) is 17.9. The van der Waals surface area contributed by atoms with Crippen LogP contribution in [0.3, 0.4) is 0 Å². The highest BCUT2D eigenvalue weighted by Gasteiger charge is 2.20. The van der Waals surface area contributed by atoms with Gasteiger partial charge < -0.3 is 14.8 Å². The Bertz CT molecular complexity index is 897. The summed E-state index contributed by atoms with van der Waals surface area (Å²) in [6.45, 7) is 0. The van der Waals surface area contributed by atoms with Crippen LogP contribution in [0.4, 0.5) is 5.82 Å². The molecule has 0 aliphatic heterocycles. The lowest BCUT2D eigenvalue weighted by Gasteiger charge is -2.24. The summed E-state index contributed by atoms with van der Waals surface area (Å²) in [5.74, 6) is 2.41. The minimum Gasteiger partial charge on any atom is -0.493 e. The van der Waals surface area contributed by atoms with Gasteiger partial charge in [0.1, 0.15) is 11.5 Å². The van der Waals surface area contributed by atoms with E-state index in [1.165, 1.54) is 32.1 Å². The normalized spacial score (nSPS) is 14.8. The summed E-state index contributed by atoms with van der Waals surface area (Å²) >= 11 is 0. The van der Waals surface area contributed by atoms with Crippen LogP contribution in [-0.4, -0.2) is 29.6 Å². The molecule has 1 saturated carbocycles. The number of fused-ring (bicyclic) bond motifs is 1. The Hall–Kier alpha value is -2.87. The molecule has 4 rings (SSSR count). The number of benzene rings is 1. The average Bonchev–Trinajstić information content (AvgIpc) is 3.07. The molecule has 1 N–H and O–H groups in total. The molecule has 1 aliphatic rings. The number of imidazole rings is 1. The van der Waals surface area contributed by atoms with Crippen LogP contribution in [0.5, 0.6) is 11.5 Å². The van der Waals surface area contributed by atoms with Gasteiger partial charge >= 0.3 is 0 Å². The minimum absolute atomic E-state index is 0.478. The van der Waals surface area contributed by atoms with Gasteiger partial charge in [-0.3, -0.25) is 4.40 Å². The first-order chi connectivity index (χ1) is 12.8. The molecule has 0 radical (unpaired) electrons. The monoisotopic (exact) mass is 349 g/mol. The van der Waals surface area contributed by atoms with E-state index in [-0.39, 0.29) is 0 Å². The molecule has 26 heavy (non-hydrogen) atoms. The standard InChI is InChI=1S/C21H23N3O2/c1-25-17-12-11-15(14-18(17)26-2)20-21(22-16-8-4-3-5-9-16)24-13-7-6-10-19(24)23-20/h7,11-14,16,22H,3-5,8-9H2,1-2H3. The van der Waals surface area contributed by atoms with E-state index >= 15 is 0 Å². The lowest BCUT2D eigenvalue weighted by molar-refractivity contribution is 0.355. The molecule has 5 nitrogen and oxygen atoms in total. The summed E-state index contributed by atoms with van der Waals surface area (Å²) in [4.78, 5) is 4.80. The molecule has 0 bridgehead atoms. The van der Waals surface area contributed by atoms with E-state index in [0.29, 0.717) is 17.5 Å². The molecular weight excluding hydrogens is 326 g/mol. The Morgan fingerprint density at radius 3 is 2.69 bits per heavy atom. The van der Waals surface area contributed by atoms with E-state index in [9.17, 15) is 0 Å². The van der Waals surface area contributed by atoms with E-state index in [0.717, 1.165) is 22.7 Å². The second-order valence-electron chi connectivity index (χ2n) is 6.64. The number of anilines is 1. The van der Waals surface area contributed by atoms with Crippen molar-refractivity contribution in [1.82, 2.24) is 9.38 Å². The summed E-state index contributed by atoms with van der Waals surface area (Å²) in [6.07, 6.45) is 8.26. The van der Waals surface area contributed by atoms with Crippen LogP contribution in [0.2, 0.25) is 0 Å². The van der Waals surface area contributed by atoms with Gasteiger partial charge in [0.25, 0.3) is 0 Å². The van der Waals surface area contributed by atoms with Gasteiger partial charge in [-0.1, -0.05) is 25.3 Å². The molecule has 2 heterocycles. The predicted molar refractivity (Wildman–Crippen MR) is 102 cm³/mol. The van der Waals surface area contributed by atoms with Crippen molar-refractivity contribution in [2.24, 2.45) is 0 Å². The summed E-state index contributed by atoms with van der Waals surface area (Å²) in [7, 11) is 3.29. The fourth-order valence-electron chi connectivity index (χ4n) is 3.65. The molecular formula is C21H23N3O2. The van der Waals surface area contributed by atoms with Gasteiger partial charge in [-0.15, -0.1) is 0 Å². The largest absolute Gasteiger partial charge is 0.493 e. The molecule has 0 saturated heterocycles. The van der Waals surface area contributed by atoms with Crippen molar-refractivity contribution in [1.29, 1.82) is 0 Å². The fraction of sp³-hybridized carbons (Fsp3) is 0.381. The number of nitrogens with one attached hydrogen (secondary N) is 1. The van der Waals surface area contributed by atoms with Gasteiger partial charge in [-0.2, -0.15) is 0 Å². The predicted octanol–water partition coefficient (Wildman–Crippen LogP) is 4.36. The zero-order valence-corrected chi connectivity index (χ0v) is 15.2. The van der Waals surface area contributed by atoms with E-state index < -0.39 is 0 Å². The van der Waals surface area contributed by atoms with Crippen LogP contribution in [0.25, 0.3) is 16.9 Å². The Kier molecular flexibility index (Phi) is 4.57. The van der Waals surface area contributed by atoms with Gasteiger partial charge in [0.15, 0.2) is 17.1 Å². The maximum Gasteiger partial charge on any atom is 0.192 e. The molecule has 2 aromatic heterocycles. The molecule has 1 fully saturated rings. The number of hydrogen-bond donors (Lipinski definition) is 1. The van der Waals surface area contributed by atoms with Gasteiger partial charge in [-0.05, 0) is 37.1 Å². The zero-order valence-electron chi connectivity index (χ0n) is 15.2. The lowest BCUT2D eigenvalue weighted by atomic mass is 9.95. The summed E-state index contributed by atoms with van der Waals surface area (Å²) in [5.41, 5.74) is 2.64. The summed E-state index contributed by atoms with van der Waals surface area (Å²) in [5, 5.41) is 3.73. The van der Waals surface area contributed by atoms with E-state index in [2.05, 4.69) is 21.9 Å². The molecule has 5 heteroatoms. The molecule has 3 aromatic rings. The van der Waals surface area contributed by atoms with E-state index in [4.69, 9.17) is 14.5 Å². The molecule has 134 valence electrons. The van der Waals surface area contributed by atoms with E-state index in [1.54, 1.807) is 14.2 Å². The van der Waals surface area contributed by atoms with Crippen molar-refractivity contribution in [3.05, 3.63) is 42.6 Å². The van der Waals surface area contributed by atoms with Crippen LogP contribution in [0.1, 0.15) is 32.1 Å². The first-order valence-corrected chi connectivity index (χ1v) is 9.09. The number of aromatic nitrogens is 2. The van der Waals surface area contributed by atoms with Crippen molar-refractivity contribution in [2.75, 3.05) is 19.5 Å². The summed E-state index contributed by atoms with van der Waals surface area (Å²) < 4.78 is 12.9. The fourth-order valence-corrected chi connectivity index (χ4v) is 3.65. The van der Waals surface area contributed by atoms with Gasteiger partial charge in [0, 0.05) is 23.9 Å². The van der Waals surface area contributed by atoms with Crippen LogP contribution in [0, 0.1) is 12.1 Å². The maximum atomic E-state index is 5.47. The number of methoxy groups -OCH3 is 2. The number of nitrogens with zero attached hydrogens (tertiary/aromatic N) is 2. The topological polar surface area (TPSA) is 47.8 Å². The Morgan fingerprint density at radius 1 is 1.12 bits per heavy atom. The highest BCUT2D eigenvalue weighted by Crippen LogP contribution is 2.36. The van der Waals surface area contributed by atoms with Gasteiger partial charge in [0.05, 0.1) is 14.2 Å². The van der Waals surface area contributed by atoms with Crippen molar-refractivity contribution in [3.63, 3.8) is 0 Å². The SMILES string of the molecule is COc1ccc(-c2nc3c#cccn3c2NC2CCCCC2)cc1OC. The Balaban J connectivity index is 1.80. The molecule has 0 spiro atoms. The van der Waals surface area contributed by atoms with Crippen molar-refractivity contribution in [2.45, 2.75) is 38.1 Å². The van der Waals surface area contributed by atoms with Crippen LogP contribution < -0.4 is 14.8 Å². The minimum atomic E-state index is 0.478. The first kappa shape index (κ1) is 16.6. The second-order valence-corrected chi connectivity index (χ2v) is 6.64. The molecule has 1 aliphatic carbocycles. The average molecular weight is 349 g/mol. The smallest absolute Gasteiger partial charge is 0.192 e. The molecule has 0 unspecified atom stereocenters. The highest BCUT2D eigenvalue weighted by molar-refractivity contribution is 5.77. The Morgan fingerprint density at radius 2 is 1.92 bits per heavy atom. The lowest BCUT2D eigenvalue weighted by Crippen LogP contribution is -2.23. The molecule has 0 atom stereocenters. The molecule has 1 aromatic carbocycles. The van der Waals surface area contributed by atoms with E-state index in [1.807, 2.05) is 30.5 Å². The van der Waals surface area contributed by atoms with Gasteiger partial charge in [0.2, 0.25) is 0 Å². The van der Waals surface area contributed by atoms with Crippen LogP contribution in [0.15, 0.2) is 30.5 Å². The van der Waals surface area contributed by atoms with Crippen molar-refractivity contribution < 1.29 is 9.47 Å². The first-order valence-electron chi connectivity index (χ1n) is 9.09. The quantitative estimate of drug-likeness (QED) is 0.743. The third-order valence-corrected chi connectivity index (χ3v) is 5.01. The van der Waals surface area contributed by atoms with Crippen LogP contribution in [-0.2, 0) is 0 Å². The number of ether oxygens (including phenoxy) is 2. The second kappa shape index (κ2) is 7.17. The number of rotatable bonds is 5. The summed E-state index contributed by atoms with van der Waals surface area (Å²) in [6, 6.07) is 14.3. The van der Waals surface area contributed by atoms with Crippen LogP contribution >= 0.6 is 0 Å². The maximum absolute atomic E-state index is 5.47. The molecule has 0 amide bonds. The number of hydrogen-bond acceptors (Lipinski definition) is 4. The third kappa shape index (κ3) is 3.03.